The monoisotopic (exact) mass is 394 g/mol. The number of hydrogen-bond donors (Lipinski definition) is 1. The van der Waals surface area contributed by atoms with Gasteiger partial charge in [-0.3, -0.25) is 9.10 Å². The number of amides is 1. The van der Waals surface area contributed by atoms with Gasteiger partial charge >= 0.3 is 0 Å². The van der Waals surface area contributed by atoms with Gasteiger partial charge in [0.1, 0.15) is 6.04 Å². The van der Waals surface area contributed by atoms with Gasteiger partial charge in [-0.05, 0) is 68.7 Å². The van der Waals surface area contributed by atoms with Gasteiger partial charge in [-0.1, -0.05) is 23.7 Å². The second-order valence-corrected chi connectivity index (χ2v) is 8.83. The van der Waals surface area contributed by atoms with Gasteiger partial charge in [0.25, 0.3) is 0 Å². The van der Waals surface area contributed by atoms with Crippen LogP contribution < -0.4 is 9.62 Å². The second-order valence-electron chi connectivity index (χ2n) is 6.53. The van der Waals surface area contributed by atoms with Crippen molar-refractivity contribution < 1.29 is 13.2 Å². The van der Waals surface area contributed by atoms with Gasteiger partial charge in [0.15, 0.2) is 0 Å². The molecule has 0 heterocycles. The van der Waals surface area contributed by atoms with E-state index in [0.717, 1.165) is 21.7 Å². The lowest BCUT2D eigenvalue weighted by Crippen LogP contribution is -2.45. The molecule has 26 heavy (non-hydrogen) atoms. The topological polar surface area (TPSA) is 66.5 Å². The van der Waals surface area contributed by atoms with Crippen molar-refractivity contribution in [3.05, 3.63) is 58.1 Å². The molecule has 0 saturated heterocycles. The molecule has 2 rings (SSSR count). The van der Waals surface area contributed by atoms with E-state index in [1.807, 2.05) is 32.0 Å². The third-order valence-electron chi connectivity index (χ3n) is 3.99. The highest BCUT2D eigenvalue weighted by Gasteiger charge is 2.30. The lowest BCUT2D eigenvalue weighted by molar-refractivity contribution is -0.116. The maximum absolute atomic E-state index is 12.7. The van der Waals surface area contributed by atoms with Crippen LogP contribution >= 0.6 is 11.6 Å². The Morgan fingerprint density at radius 1 is 1.08 bits per heavy atom. The summed E-state index contributed by atoms with van der Waals surface area (Å²) in [5.74, 6) is -0.417. The molecular weight excluding hydrogens is 372 g/mol. The van der Waals surface area contributed by atoms with E-state index in [4.69, 9.17) is 11.6 Å². The molecule has 0 saturated carbocycles. The van der Waals surface area contributed by atoms with Crippen molar-refractivity contribution in [1.29, 1.82) is 0 Å². The number of rotatable bonds is 5. The largest absolute Gasteiger partial charge is 0.324 e. The van der Waals surface area contributed by atoms with Crippen LogP contribution in [0.1, 0.15) is 23.6 Å². The summed E-state index contributed by atoms with van der Waals surface area (Å²) < 4.78 is 25.9. The van der Waals surface area contributed by atoms with E-state index in [-0.39, 0.29) is 0 Å². The molecular formula is C19H23ClN2O3S. The summed E-state index contributed by atoms with van der Waals surface area (Å²) in [6.07, 6.45) is 1.08. The van der Waals surface area contributed by atoms with Crippen LogP contribution in [0.15, 0.2) is 36.4 Å². The van der Waals surface area contributed by atoms with E-state index < -0.39 is 22.0 Å². The Morgan fingerprint density at radius 2 is 1.65 bits per heavy atom. The first-order valence-electron chi connectivity index (χ1n) is 8.14. The fourth-order valence-electron chi connectivity index (χ4n) is 2.89. The minimum absolute atomic E-state index is 0.392. The molecule has 0 aliphatic rings. The van der Waals surface area contributed by atoms with Crippen molar-refractivity contribution in [2.45, 2.75) is 33.7 Å². The zero-order valence-electron chi connectivity index (χ0n) is 15.5. The minimum Gasteiger partial charge on any atom is -0.324 e. The number of halogens is 1. The SMILES string of the molecule is Cc1cc(C)cc(NC(=O)[C@H](C)N(c2cc(Cl)ccc2C)S(C)(=O)=O)c1. The predicted octanol–water partition coefficient (Wildman–Crippen LogP) is 4.06. The van der Waals surface area contributed by atoms with Gasteiger partial charge in [0.2, 0.25) is 15.9 Å². The molecule has 1 atom stereocenters. The average molecular weight is 395 g/mol. The van der Waals surface area contributed by atoms with Crippen molar-refractivity contribution in [3.8, 4) is 0 Å². The normalized spacial score (nSPS) is 12.5. The van der Waals surface area contributed by atoms with E-state index in [1.54, 1.807) is 32.0 Å². The molecule has 2 aromatic rings. The molecule has 0 aliphatic heterocycles. The van der Waals surface area contributed by atoms with Crippen LogP contribution in [-0.2, 0) is 14.8 Å². The summed E-state index contributed by atoms with van der Waals surface area (Å²) in [5, 5.41) is 3.21. The lowest BCUT2D eigenvalue weighted by atomic mass is 10.1. The standard InChI is InChI=1S/C19H23ClN2O3S/c1-12-8-13(2)10-17(9-12)21-19(23)15(4)22(26(5,24)25)18-11-16(20)7-6-14(18)3/h6-11,15H,1-5H3,(H,21,23)/t15-/m0/s1. The first-order valence-corrected chi connectivity index (χ1v) is 10.4. The summed E-state index contributed by atoms with van der Waals surface area (Å²) in [6.45, 7) is 7.20. The Bertz CT molecular complexity index is 922. The maximum atomic E-state index is 12.7. The van der Waals surface area contributed by atoms with Crippen LogP contribution in [0.4, 0.5) is 11.4 Å². The van der Waals surface area contributed by atoms with Crippen LogP contribution in [0.2, 0.25) is 5.02 Å². The summed E-state index contributed by atoms with van der Waals surface area (Å²) >= 11 is 6.04. The summed E-state index contributed by atoms with van der Waals surface area (Å²) in [6, 6.07) is 9.70. The Morgan fingerprint density at radius 3 is 2.19 bits per heavy atom. The van der Waals surface area contributed by atoms with E-state index in [2.05, 4.69) is 5.32 Å². The fraction of sp³-hybridized carbons (Fsp3) is 0.316. The molecule has 0 unspecified atom stereocenters. The van der Waals surface area contributed by atoms with Crippen LogP contribution in [0.25, 0.3) is 0 Å². The molecule has 0 fully saturated rings. The highest BCUT2D eigenvalue weighted by Crippen LogP contribution is 2.28. The quantitative estimate of drug-likeness (QED) is 0.831. The second kappa shape index (κ2) is 7.68. The number of nitrogens with one attached hydrogen (secondary N) is 1. The number of aryl methyl sites for hydroxylation is 3. The number of carbonyl (C=O) groups excluding carboxylic acids is 1. The number of nitrogens with zero attached hydrogens (tertiary/aromatic N) is 1. The molecule has 5 nitrogen and oxygen atoms in total. The Labute approximate surface area is 160 Å². The molecule has 0 aliphatic carbocycles. The van der Waals surface area contributed by atoms with Crippen LogP contribution in [-0.4, -0.2) is 26.6 Å². The van der Waals surface area contributed by atoms with Crippen molar-refractivity contribution in [3.63, 3.8) is 0 Å². The molecule has 1 N–H and O–H groups in total. The summed E-state index contributed by atoms with van der Waals surface area (Å²) in [4.78, 5) is 12.7. The third-order valence-corrected chi connectivity index (χ3v) is 5.45. The highest BCUT2D eigenvalue weighted by atomic mass is 35.5. The third kappa shape index (κ3) is 4.77. The number of anilines is 2. The van der Waals surface area contributed by atoms with Crippen LogP contribution in [0, 0.1) is 20.8 Å². The number of hydrogen-bond acceptors (Lipinski definition) is 3. The summed E-state index contributed by atoms with van der Waals surface area (Å²) in [7, 11) is -3.70. The van der Waals surface area contributed by atoms with E-state index in [1.165, 1.54) is 0 Å². The van der Waals surface area contributed by atoms with Crippen molar-refractivity contribution in [2.24, 2.45) is 0 Å². The van der Waals surface area contributed by atoms with E-state index >= 15 is 0 Å². The Balaban J connectivity index is 2.39. The molecule has 0 bridgehead atoms. The number of carbonyl (C=O) groups is 1. The number of sulfonamides is 1. The van der Waals surface area contributed by atoms with Gasteiger partial charge < -0.3 is 5.32 Å². The average Bonchev–Trinajstić information content (AvgIpc) is 2.48. The molecule has 0 radical (unpaired) electrons. The molecule has 1 amide bonds. The van der Waals surface area contributed by atoms with Gasteiger partial charge in [0.05, 0.1) is 11.9 Å². The van der Waals surface area contributed by atoms with Crippen molar-refractivity contribution >= 4 is 38.9 Å². The van der Waals surface area contributed by atoms with Gasteiger partial charge in [0, 0.05) is 10.7 Å². The smallest absolute Gasteiger partial charge is 0.247 e. The van der Waals surface area contributed by atoms with Crippen molar-refractivity contribution in [2.75, 3.05) is 15.9 Å². The zero-order valence-corrected chi connectivity index (χ0v) is 17.1. The lowest BCUT2D eigenvalue weighted by Gasteiger charge is -2.29. The van der Waals surface area contributed by atoms with Crippen molar-refractivity contribution in [1.82, 2.24) is 0 Å². The minimum atomic E-state index is -3.70. The van der Waals surface area contributed by atoms with Crippen LogP contribution in [0.3, 0.4) is 0 Å². The summed E-state index contributed by atoms with van der Waals surface area (Å²) in [5.41, 5.74) is 3.77. The first-order chi connectivity index (χ1) is 12.0. The van der Waals surface area contributed by atoms with E-state index in [9.17, 15) is 13.2 Å². The molecule has 0 spiro atoms. The van der Waals surface area contributed by atoms with Gasteiger partial charge in [-0.2, -0.15) is 0 Å². The van der Waals surface area contributed by atoms with Gasteiger partial charge in [-0.15, -0.1) is 0 Å². The molecule has 140 valence electrons. The first kappa shape index (κ1) is 20.3. The van der Waals surface area contributed by atoms with Gasteiger partial charge in [-0.25, -0.2) is 8.42 Å². The predicted molar refractivity (Wildman–Crippen MR) is 108 cm³/mol. The molecule has 2 aromatic carbocycles. The molecule has 7 heteroatoms. The Kier molecular flexibility index (Phi) is 5.98. The molecule has 0 aromatic heterocycles. The fourth-order valence-corrected chi connectivity index (χ4v) is 4.29. The van der Waals surface area contributed by atoms with Crippen LogP contribution in [0.5, 0.6) is 0 Å². The Hall–Kier alpha value is -2.05. The number of benzene rings is 2. The highest BCUT2D eigenvalue weighted by molar-refractivity contribution is 7.92. The maximum Gasteiger partial charge on any atom is 0.247 e. The zero-order chi connectivity index (χ0) is 19.6. The van der Waals surface area contributed by atoms with E-state index in [0.29, 0.717) is 22.0 Å².